The fourth-order valence-electron chi connectivity index (χ4n) is 2.52. The predicted octanol–water partition coefficient (Wildman–Crippen LogP) is 4.75. The van der Waals surface area contributed by atoms with Crippen LogP contribution in [0.5, 0.6) is 0 Å². The van der Waals surface area contributed by atoms with E-state index in [0.29, 0.717) is 0 Å². The Hall–Kier alpha value is -0.820. The average Bonchev–Trinajstić information content (AvgIpc) is 2.47. The van der Waals surface area contributed by atoms with Gasteiger partial charge in [0.2, 0.25) is 0 Å². The Labute approximate surface area is 95.9 Å². The molecule has 1 aromatic heterocycles. The molecule has 0 fully saturated rings. The summed E-state index contributed by atoms with van der Waals surface area (Å²) in [6.45, 7) is 13.5. The molecule has 80 valence electrons. The van der Waals surface area contributed by atoms with Crippen molar-refractivity contribution in [2.75, 3.05) is 0 Å². The minimum absolute atomic E-state index is 1.46. The van der Waals surface area contributed by atoms with E-state index in [2.05, 4.69) is 41.5 Å². The van der Waals surface area contributed by atoms with Crippen LogP contribution in [0.4, 0.5) is 0 Å². The SMILES string of the molecule is Cc1c(C)c(C)c2c(C)sc(C)c2c1C. The lowest BCUT2D eigenvalue weighted by atomic mass is 9.92. The summed E-state index contributed by atoms with van der Waals surface area (Å²) >= 11 is 1.93. The lowest BCUT2D eigenvalue weighted by Crippen LogP contribution is -1.93. The molecule has 1 heterocycles. The molecule has 0 unspecified atom stereocenters. The second kappa shape index (κ2) is 3.34. The van der Waals surface area contributed by atoms with Gasteiger partial charge in [-0.15, -0.1) is 11.3 Å². The maximum Gasteiger partial charge on any atom is 0.00985 e. The first kappa shape index (κ1) is 10.7. The number of hydrogen-bond acceptors (Lipinski definition) is 1. The van der Waals surface area contributed by atoms with Gasteiger partial charge in [0.15, 0.2) is 0 Å². The quantitative estimate of drug-likeness (QED) is 0.598. The third kappa shape index (κ3) is 1.33. The van der Waals surface area contributed by atoms with Crippen LogP contribution in [0.15, 0.2) is 0 Å². The van der Waals surface area contributed by atoms with Crippen molar-refractivity contribution in [2.45, 2.75) is 41.5 Å². The summed E-state index contributed by atoms with van der Waals surface area (Å²) in [5.41, 5.74) is 5.85. The molecule has 1 heteroatoms. The first-order chi connectivity index (χ1) is 6.95. The van der Waals surface area contributed by atoms with E-state index in [1.165, 1.54) is 42.8 Å². The molecule has 0 aliphatic carbocycles. The second-order valence-corrected chi connectivity index (χ2v) is 5.89. The van der Waals surface area contributed by atoms with Gasteiger partial charge in [-0.3, -0.25) is 0 Å². The van der Waals surface area contributed by atoms with Crippen molar-refractivity contribution in [1.29, 1.82) is 0 Å². The lowest BCUT2D eigenvalue weighted by Gasteiger charge is -2.12. The highest BCUT2D eigenvalue weighted by atomic mass is 32.1. The Morgan fingerprint density at radius 3 is 1.20 bits per heavy atom. The van der Waals surface area contributed by atoms with Gasteiger partial charge < -0.3 is 0 Å². The smallest absolute Gasteiger partial charge is 0.00985 e. The first-order valence-electron chi connectivity index (χ1n) is 5.41. The summed E-state index contributed by atoms with van der Waals surface area (Å²) in [4.78, 5) is 2.93. The summed E-state index contributed by atoms with van der Waals surface area (Å²) < 4.78 is 0. The molecule has 0 spiro atoms. The third-order valence-electron chi connectivity index (χ3n) is 3.70. The Morgan fingerprint density at radius 1 is 0.533 bits per heavy atom. The van der Waals surface area contributed by atoms with Crippen LogP contribution in [0.1, 0.15) is 32.0 Å². The van der Waals surface area contributed by atoms with Crippen molar-refractivity contribution in [2.24, 2.45) is 0 Å². The molecule has 1 aromatic carbocycles. The van der Waals surface area contributed by atoms with Gasteiger partial charge in [-0.2, -0.15) is 0 Å². The van der Waals surface area contributed by atoms with Crippen LogP contribution < -0.4 is 0 Å². The zero-order valence-electron chi connectivity index (χ0n) is 10.4. The zero-order chi connectivity index (χ0) is 11.3. The molecule has 0 aliphatic heterocycles. The van der Waals surface area contributed by atoms with E-state index in [1.807, 2.05) is 11.3 Å². The third-order valence-corrected chi connectivity index (χ3v) is 4.72. The highest BCUT2D eigenvalue weighted by Gasteiger charge is 2.14. The van der Waals surface area contributed by atoms with E-state index >= 15 is 0 Å². The van der Waals surface area contributed by atoms with Gasteiger partial charge in [-0.1, -0.05) is 0 Å². The summed E-state index contributed by atoms with van der Waals surface area (Å²) in [5.74, 6) is 0. The van der Waals surface area contributed by atoms with E-state index < -0.39 is 0 Å². The van der Waals surface area contributed by atoms with Crippen molar-refractivity contribution in [3.05, 3.63) is 32.0 Å². The lowest BCUT2D eigenvalue weighted by molar-refractivity contribution is 1.25. The van der Waals surface area contributed by atoms with E-state index in [0.717, 1.165) is 0 Å². The van der Waals surface area contributed by atoms with Gasteiger partial charge in [-0.25, -0.2) is 0 Å². The number of fused-ring (bicyclic) bond motifs is 1. The van der Waals surface area contributed by atoms with Crippen molar-refractivity contribution in [3.8, 4) is 0 Å². The van der Waals surface area contributed by atoms with Crippen molar-refractivity contribution in [1.82, 2.24) is 0 Å². The molecular formula is C14H18S. The van der Waals surface area contributed by atoms with Gasteiger partial charge in [-0.05, 0) is 74.6 Å². The highest BCUT2D eigenvalue weighted by Crippen LogP contribution is 2.37. The molecule has 0 radical (unpaired) electrons. The van der Waals surface area contributed by atoms with Crippen molar-refractivity contribution in [3.63, 3.8) is 0 Å². The molecule has 0 bridgehead atoms. The number of thiophene rings is 1. The molecule has 0 atom stereocenters. The van der Waals surface area contributed by atoms with E-state index in [-0.39, 0.29) is 0 Å². The van der Waals surface area contributed by atoms with E-state index in [4.69, 9.17) is 0 Å². The average molecular weight is 218 g/mol. The Bertz CT molecular complexity index is 496. The maximum atomic E-state index is 2.25. The largest absolute Gasteiger partial charge is 0.145 e. The van der Waals surface area contributed by atoms with Crippen LogP contribution in [0.25, 0.3) is 10.8 Å². The van der Waals surface area contributed by atoms with Gasteiger partial charge >= 0.3 is 0 Å². The first-order valence-corrected chi connectivity index (χ1v) is 6.22. The molecule has 0 nitrogen and oxygen atoms in total. The van der Waals surface area contributed by atoms with Gasteiger partial charge in [0, 0.05) is 9.75 Å². The molecule has 15 heavy (non-hydrogen) atoms. The Balaban J connectivity index is 3.10. The van der Waals surface area contributed by atoms with Crippen molar-refractivity contribution < 1.29 is 0 Å². The fraction of sp³-hybridized carbons (Fsp3) is 0.429. The van der Waals surface area contributed by atoms with Crippen LogP contribution in [0, 0.1) is 41.5 Å². The topological polar surface area (TPSA) is 0 Å². The fourth-order valence-corrected chi connectivity index (χ4v) is 3.70. The Morgan fingerprint density at radius 2 is 0.867 bits per heavy atom. The van der Waals surface area contributed by atoms with Crippen LogP contribution in [0.3, 0.4) is 0 Å². The molecule has 0 amide bonds. The van der Waals surface area contributed by atoms with Crippen LogP contribution in [0.2, 0.25) is 0 Å². The van der Waals surface area contributed by atoms with Crippen LogP contribution in [-0.4, -0.2) is 0 Å². The van der Waals surface area contributed by atoms with Crippen molar-refractivity contribution >= 4 is 22.1 Å². The summed E-state index contributed by atoms with van der Waals surface area (Å²) in [5, 5.41) is 3.00. The minimum Gasteiger partial charge on any atom is -0.145 e. The molecule has 0 N–H and O–H groups in total. The van der Waals surface area contributed by atoms with Crippen LogP contribution >= 0.6 is 11.3 Å². The van der Waals surface area contributed by atoms with E-state index in [9.17, 15) is 0 Å². The van der Waals surface area contributed by atoms with Gasteiger partial charge in [0.05, 0.1) is 0 Å². The Kier molecular flexibility index (Phi) is 2.38. The summed E-state index contributed by atoms with van der Waals surface area (Å²) in [7, 11) is 0. The standard InChI is InChI=1S/C14H18S/c1-7-8(2)10(4)14-12(6)15-11(5)13(14)9(7)3/h1-6H3. The minimum atomic E-state index is 1.46. The monoisotopic (exact) mass is 218 g/mol. The van der Waals surface area contributed by atoms with Gasteiger partial charge in [0.1, 0.15) is 0 Å². The summed E-state index contributed by atoms with van der Waals surface area (Å²) in [6, 6.07) is 0. The van der Waals surface area contributed by atoms with E-state index in [1.54, 1.807) is 0 Å². The second-order valence-electron chi connectivity index (χ2n) is 4.46. The molecule has 0 saturated carbocycles. The molecule has 2 aromatic rings. The zero-order valence-corrected chi connectivity index (χ0v) is 11.2. The van der Waals surface area contributed by atoms with Crippen LogP contribution in [-0.2, 0) is 0 Å². The number of rotatable bonds is 0. The highest BCUT2D eigenvalue weighted by molar-refractivity contribution is 7.13. The molecular weight excluding hydrogens is 200 g/mol. The predicted molar refractivity (Wildman–Crippen MR) is 70.2 cm³/mol. The number of hydrogen-bond donors (Lipinski definition) is 0. The maximum absolute atomic E-state index is 2.25. The number of benzene rings is 1. The molecule has 0 saturated heterocycles. The normalized spacial score (nSPS) is 11.3. The van der Waals surface area contributed by atoms with Gasteiger partial charge in [0.25, 0.3) is 0 Å². The molecule has 0 aliphatic rings. The molecule has 2 rings (SSSR count). The summed E-state index contributed by atoms with van der Waals surface area (Å²) in [6.07, 6.45) is 0. The number of aryl methyl sites for hydroxylation is 4.